The average molecular weight is 268 g/mol. The normalized spacial score (nSPS) is 29.6. The molecule has 1 rings (SSSR count). The first-order valence-electron chi connectivity index (χ1n) is 5.67. The summed E-state index contributed by atoms with van der Waals surface area (Å²) in [6.45, 7) is 5.39. The molecule has 0 saturated carbocycles. The summed E-state index contributed by atoms with van der Waals surface area (Å²) in [7, 11) is 0. The van der Waals surface area contributed by atoms with Crippen LogP contribution in [0.1, 0.15) is 27.7 Å². The number of alkyl halides is 3. The molecule has 1 heterocycles. The Kier molecular flexibility index (Phi) is 3.60. The van der Waals surface area contributed by atoms with Gasteiger partial charge in [0.2, 0.25) is 0 Å². The number of hydrogen-bond acceptors (Lipinski definition) is 3. The van der Waals surface area contributed by atoms with Crippen molar-refractivity contribution in [2.75, 3.05) is 13.1 Å². The van der Waals surface area contributed by atoms with E-state index in [0.717, 1.165) is 11.8 Å². The van der Waals surface area contributed by atoms with Crippen molar-refractivity contribution in [1.29, 1.82) is 0 Å². The number of rotatable bonds is 0. The highest BCUT2D eigenvalue weighted by Crippen LogP contribution is 2.44. The van der Waals surface area contributed by atoms with Crippen LogP contribution in [0, 0.1) is 5.41 Å². The maximum absolute atomic E-state index is 12.9. The van der Waals surface area contributed by atoms with E-state index < -0.39 is 35.9 Å². The van der Waals surface area contributed by atoms with Crippen molar-refractivity contribution in [2.45, 2.75) is 45.5 Å². The largest absolute Gasteiger partial charge is 0.444 e. The zero-order valence-electron chi connectivity index (χ0n) is 11.0. The van der Waals surface area contributed by atoms with Crippen LogP contribution < -0.4 is 5.73 Å². The predicted molar refractivity (Wildman–Crippen MR) is 59.9 cm³/mol. The third kappa shape index (κ3) is 2.88. The van der Waals surface area contributed by atoms with E-state index in [1.165, 1.54) is 0 Å². The lowest BCUT2D eigenvalue weighted by Crippen LogP contribution is -2.49. The Hall–Kier alpha value is -0.980. The number of likely N-dealkylation sites (tertiary alicyclic amines) is 1. The summed E-state index contributed by atoms with van der Waals surface area (Å²) < 4.78 is 43.8. The molecule has 1 fully saturated rings. The van der Waals surface area contributed by atoms with Gasteiger partial charge in [0.1, 0.15) is 5.60 Å². The molecule has 4 nitrogen and oxygen atoms in total. The number of nitrogens with zero attached hydrogens (tertiary/aromatic N) is 1. The minimum Gasteiger partial charge on any atom is -0.444 e. The molecule has 1 saturated heterocycles. The Balaban J connectivity index is 2.79. The van der Waals surface area contributed by atoms with E-state index >= 15 is 0 Å². The van der Waals surface area contributed by atoms with Gasteiger partial charge in [-0.25, -0.2) is 4.79 Å². The lowest BCUT2D eigenvalue weighted by atomic mass is 9.85. The fourth-order valence-electron chi connectivity index (χ4n) is 1.78. The van der Waals surface area contributed by atoms with Crippen LogP contribution in [0.3, 0.4) is 0 Å². The standard InChI is InChI=1S/C11H19F3N2O2/c1-9(2,3)18-8(17)16-5-7(15)10(4,6-16)11(12,13)14/h7H,5-6,15H2,1-4H3/t7-,10+/m0/s1. The predicted octanol–water partition coefficient (Wildman–Crippen LogP) is 2.13. The molecule has 1 aliphatic rings. The minimum atomic E-state index is -4.44. The van der Waals surface area contributed by atoms with Crippen molar-refractivity contribution >= 4 is 6.09 Å². The molecule has 7 heteroatoms. The Morgan fingerprint density at radius 3 is 2.22 bits per heavy atom. The average Bonchev–Trinajstić information content (AvgIpc) is 2.40. The van der Waals surface area contributed by atoms with Crippen molar-refractivity contribution in [2.24, 2.45) is 11.1 Å². The minimum absolute atomic E-state index is 0.148. The van der Waals surface area contributed by atoms with Crippen molar-refractivity contribution in [3.05, 3.63) is 0 Å². The van der Waals surface area contributed by atoms with Gasteiger partial charge in [-0.05, 0) is 27.7 Å². The highest BCUT2D eigenvalue weighted by Gasteiger charge is 2.60. The molecule has 2 N–H and O–H groups in total. The van der Waals surface area contributed by atoms with Crippen LogP contribution in [0.2, 0.25) is 0 Å². The molecule has 0 aliphatic carbocycles. The van der Waals surface area contributed by atoms with E-state index in [2.05, 4.69) is 0 Å². The molecule has 106 valence electrons. The zero-order chi connectivity index (χ0) is 14.4. The molecular weight excluding hydrogens is 249 g/mol. The molecule has 0 aromatic rings. The van der Waals surface area contributed by atoms with E-state index in [0.29, 0.717) is 0 Å². The molecule has 0 aromatic carbocycles. The van der Waals surface area contributed by atoms with Gasteiger partial charge in [-0.2, -0.15) is 13.2 Å². The molecule has 0 spiro atoms. The SMILES string of the molecule is CC(C)(C)OC(=O)N1C[C@H](N)[C@](C)(C(F)(F)F)C1. The summed E-state index contributed by atoms with van der Waals surface area (Å²) in [6, 6.07) is -1.13. The van der Waals surface area contributed by atoms with Crippen LogP contribution in [0.5, 0.6) is 0 Å². The molecule has 2 atom stereocenters. The van der Waals surface area contributed by atoms with E-state index in [4.69, 9.17) is 10.5 Å². The summed E-state index contributed by atoms with van der Waals surface area (Å²) in [5, 5.41) is 0. The number of amides is 1. The van der Waals surface area contributed by atoms with Crippen LogP contribution in [-0.2, 0) is 4.74 Å². The molecule has 0 radical (unpaired) electrons. The van der Waals surface area contributed by atoms with Crippen LogP contribution in [0.4, 0.5) is 18.0 Å². The maximum atomic E-state index is 12.9. The second-order valence-electron chi connectivity index (χ2n) is 5.88. The second-order valence-corrected chi connectivity index (χ2v) is 5.88. The smallest absolute Gasteiger partial charge is 0.410 e. The molecule has 1 amide bonds. The van der Waals surface area contributed by atoms with Crippen molar-refractivity contribution < 1.29 is 22.7 Å². The molecule has 0 aromatic heterocycles. The number of nitrogens with two attached hydrogens (primary N) is 1. The maximum Gasteiger partial charge on any atom is 0.410 e. The van der Waals surface area contributed by atoms with E-state index in [1.807, 2.05) is 0 Å². The van der Waals surface area contributed by atoms with E-state index in [-0.39, 0.29) is 6.54 Å². The Labute approximate surface area is 104 Å². The number of halogens is 3. The Bertz CT molecular complexity index is 338. The fraction of sp³-hybridized carbons (Fsp3) is 0.909. The van der Waals surface area contributed by atoms with Gasteiger partial charge in [0.15, 0.2) is 0 Å². The van der Waals surface area contributed by atoms with Crippen molar-refractivity contribution in [3.8, 4) is 0 Å². The lowest BCUT2D eigenvalue weighted by molar-refractivity contribution is -0.216. The number of hydrogen-bond donors (Lipinski definition) is 1. The Morgan fingerprint density at radius 2 is 1.89 bits per heavy atom. The van der Waals surface area contributed by atoms with Crippen LogP contribution in [0.15, 0.2) is 0 Å². The molecule has 0 unspecified atom stereocenters. The summed E-state index contributed by atoms with van der Waals surface area (Å²) in [6.07, 6.45) is -5.20. The second kappa shape index (κ2) is 4.29. The monoisotopic (exact) mass is 268 g/mol. The first-order valence-corrected chi connectivity index (χ1v) is 5.67. The van der Waals surface area contributed by atoms with Gasteiger partial charge in [0, 0.05) is 19.1 Å². The van der Waals surface area contributed by atoms with Gasteiger partial charge in [-0.3, -0.25) is 0 Å². The van der Waals surface area contributed by atoms with Gasteiger partial charge in [0.25, 0.3) is 0 Å². The molecular formula is C11H19F3N2O2. The van der Waals surface area contributed by atoms with Crippen molar-refractivity contribution in [1.82, 2.24) is 4.90 Å². The summed E-state index contributed by atoms with van der Waals surface area (Å²) in [5.41, 5.74) is 2.70. The number of carbonyl (C=O) groups is 1. The third-order valence-electron chi connectivity index (χ3n) is 3.05. The van der Waals surface area contributed by atoms with Crippen LogP contribution in [0.25, 0.3) is 0 Å². The van der Waals surface area contributed by atoms with E-state index in [9.17, 15) is 18.0 Å². The molecule has 18 heavy (non-hydrogen) atoms. The number of carbonyl (C=O) groups excluding carboxylic acids is 1. The molecule has 0 bridgehead atoms. The summed E-state index contributed by atoms with van der Waals surface area (Å²) in [4.78, 5) is 12.7. The first-order chi connectivity index (χ1) is 7.87. The van der Waals surface area contributed by atoms with E-state index in [1.54, 1.807) is 20.8 Å². The summed E-state index contributed by atoms with van der Waals surface area (Å²) >= 11 is 0. The van der Waals surface area contributed by atoms with Crippen molar-refractivity contribution in [3.63, 3.8) is 0 Å². The quantitative estimate of drug-likeness (QED) is 0.732. The van der Waals surface area contributed by atoms with Crippen LogP contribution in [-0.4, -0.2) is 41.9 Å². The highest BCUT2D eigenvalue weighted by molar-refractivity contribution is 5.68. The number of ether oxygens (including phenoxy) is 1. The highest BCUT2D eigenvalue weighted by atomic mass is 19.4. The topological polar surface area (TPSA) is 55.6 Å². The van der Waals surface area contributed by atoms with Gasteiger partial charge in [-0.1, -0.05) is 0 Å². The van der Waals surface area contributed by atoms with Gasteiger partial charge in [-0.15, -0.1) is 0 Å². The fourth-order valence-corrected chi connectivity index (χ4v) is 1.78. The van der Waals surface area contributed by atoms with Gasteiger partial charge >= 0.3 is 12.3 Å². The van der Waals surface area contributed by atoms with Gasteiger partial charge in [0.05, 0.1) is 5.41 Å². The zero-order valence-corrected chi connectivity index (χ0v) is 11.0. The Morgan fingerprint density at radius 1 is 1.39 bits per heavy atom. The lowest BCUT2D eigenvalue weighted by Gasteiger charge is -2.30. The third-order valence-corrected chi connectivity index (χ3v) is 3.05. The first kappa shape index (κ1) is 15.1. The molecule has 1 aliphatic heterocycles. The summed E-state index contributed by atoms with van der Waals surface area (Å²) in [5.74, 6) is 0. The van der Waals surface area contributed by atoms with Crippen LogP contribution >= 0.6 is 0 Å². The van der Waals surface area contributed by atoms with Gasteiger partial charge < -0.3 is 15.4 Å².